The van der Waals surface area contributed by atoms with Gasteiger partial charge >= 0.3 is 5.97 Å². The molecular weight excluding hydrogens is 228 g/mol. The molecular formula is C9H10N4O4. The van der Waals surface area contributed by atoms with Crippen molar-refractivity contribution < 1.29 is 18.7 Å². The van der Waals surface area contributed by atoms with E-state index in [1.165, 1.54) is 19.2 Å². The Labute approximate surface area is 96.2 Å². The third kappa shape index (κ3) is 3.88. The molecule has 0 atom stereocenters. The summed E-state index contributed by atoms with van der Waals surface area (Å²) in [5.74, 6) is -0.690. The van der Waals surface area contributed by atoms with E-state index >= 15 is 0 Å². The molecule has 0 fully saturated rings. The Balaban J connectivity index is 2.54. The second-order valence-corrected chi connectivity index (χ2v) is 2.91. The molecule has 8 nitrogen and oxygen atoms in total. The van der Waals surface area contributed by atoms with Crippen molar-refractivity contribution >= 4 is 11.9 Å². The molecule has 90 valence electrons. The quantitative estimate of drug-likeness (QED) is 0.356. The van der Waals surface area contributed by atoms with Crippen LogP contribution in [-0.2, 0) is 16.1 Å². The molecule has 1 rings (SSSR count). The van der Waals surface area contributed by atoms with E-state index in [0.29, 0.717) is 5.76 Å². The number of rotatable bonds is 5. The Hall–Kier alpha value is -2.47. The van der Waals surface area contributed by atoms with Crippen LogP contribution in [0.5, 0.6) is 0 Å². The number of ether oxygens (including phenoxy) is 1. The summed E-state index contributed by atoms with van der Waals surface area (Å²) in [6, 6.07) is 2.94. The summed E-state index contributed by atoms with van der Waals surface area (Å²) in [5, 5.41) is 5.59. The van der Waals surface area contributed by atoms with Crippen molar-refractivity contribution in [3.63, 3.8) is 0 Å². The fourth-order valence-corrected chi connectivity index (χ4v) is 0.998. The van der Waals surface area contributed by atoms with Crippen molar-refractivity contribution in [2.75, 3.05) is 13.7 Å². The van der Waals surface area contributed by atoms with E-state index in [0.717, 1.165) is 0 Å². The summed E-state index contributed by atoms with van der Waals surface area (Å²) in [6.45, 7) is -0.206. The van der Waals surface area contributed by atoms with Crippen molar-refractivity contribution in [1.29, 1.82) is 0 Å². The number of carbonyl (C=O) groups is 2. The van der Waals surface area contributed by atoms with Crippen molar-refractivity contribution in [3.05, 3.63) is 34.1 Å². The van der Waals surface area contributed by atoms with Crippen LogP contribution in [0.4, 0.5) is 0 Å². The van der Waals surface area contributed by atoms with Gasteiger partial charge in [-0.2, -0.15) is 0 Å². The van der Waals surface area contributed by atoms with Gasteiger partial charge in [-0.25, -0.2) is 0 Å². The Kier molecular flexibility index (Phi) is 4.58. The van der Waals surface area contributed by atoms with Crippen LogP contribution in [-0.4, -0.2) is 25.5 Å². The molecule has 1 aromatic rings. The molecule has 1 N–H and O–H groups in total. The molecule has 0 aliphatic heterocycles. The minimum absolute atomic E-state index is 0.0286. The minimum atomic E-state index is -0.556. The number of hydrogen-bond acceptors (Lipinski definition) is 5. The summed E-state index contributed by atoms with van der Waals surface area (Å²) in [7, 11) is 1.22. The topological polar surface area (TPSA) is 117 Å². The zero-order chi connectivity index (χ0) is 12.7. The molecule has 0 spiro atoms. The molecule has 0 bridgehead atoms. The number of hydrogen-bond donors (Lipinski definition) is 1. The second-order valence-electron chi connectivity index (χ2n) is 2.91. The smallest absolute Gasteiger partial charge is 0.325 e. The zero-order valence-electron chi connectivity index (χ0n) is 9.04. The van der Waals surface area contributed by atoms with Crippen LogP contribution in [0, 0.1) is 0 Å². The third-order valence-electron chi connectivity index (χ3n) is 1.80. The van der Waals surface area contributed by atoms with Crippen LogP contribution < -0.4 is 5.32 Å². The first-order valence-corrected chi connectivity index (χ1v) is 4.62. The summed E-state index contributed by atoms with van der Waals surface area (Å²) in [5.41, 5.74) is 8.10. The van der Waals surface area contributed by atoms with Crippen LogP contribution in [0.2, 0.25) is 0 Å². The molecule has 1 aromatic heterocycles. The lowest BCUT2D eigenvalue weighted by Crippen LogP contribution is -2.29. The maximum absolute atomic E-state index is 11.4. The highest BCUT2D eigenvalue weighted by atomic mass is 16.5. The number of azide groups is 1. The fraction of sp³-hybridized carbons (Fsp3) is 0.333. The van der Waals surface area contributed by atoms with Gasteiger partial charge in [0.1, 0.15) is 12.3 Å². The van der Waals surface area contributed by atoms with Crippen LogP contribution in [0.15, 0.2) is 21.7 Å². The van der Waals surface area contributed by atoms with Crippen molar-refractivity contribution in [3.8, 4) is 0 Å². The maximum Gasteiger partial charge on any atom is 0.325 e. The first kappa shape index (κ1) is 12.6. The largest absolute Gasteiger partial charge is 0.468 e. The molecule has 1 heterocycles. The first-order valence-electron chi connectivity index (χ1n) is 4.62. The number of nitrogens with one attached hydrogen (secondary N) is 1. The van der Waals surface area contributed by atoms with Gasteiger partial charge in [0.25, 0.3) is 5.91 Å². The SMILES string of the molecule is COC(=O)CNC(=O)c1ccc(CN=[N+]=[N-])o1. The van der Waals surface area contributed by atoms with Crippen LogP contribution in [0.3, 0.4) is 0 Å². The van der Waals surface area contributed by atoms with Crippen molar-refractivity contribution in [2.45, 2.75) is 6.54 Å². The average Bonchev–Trinajstić information content (AvgIpc) is 2.81. The van der Waals surface area contributed by atoms with E-state index in [1.54, 1.807) is 0 Å². The number of amides is 1. The number of nitrogens with zero attached hydrogens (tertiary/aromatic N) is 3. The van der Waals surface area contributed by atoms with Gasteiger partial charge in [0.05, 0.1) is 13.7 Å². The molecule has 1 amide bonds. The van der Waals surface area contributed by atoms with Crippen LogP contribution >= 0.6 is 0 Å². The third-order valence-corrected chi connectivity index (χ3v) is 1.80. The molecule has 0 saturated heterocycles. The van der Waals surface area contributed by atoms with Gasteiger partial charge in [-0.15, -0.1) is 0 Å². The summed E-state index contributed by atoms with van der Waals surface area (Å²) in [6.07, 6.45) is 0. The van der Waals surface area contributed by atoms with Crippen LogP contribution in [0.1, 0.15) is 16.3 Å². The molecule has 0 radical (unpaired) electrons. The van der Waals surface area contributed by atoms with Gasteiger partial charge in [-0.3, -0.25) is 9.59 Å². The van der Waals surface area contributed by atoms with Gasteiger partial charge in [0.2, 0.25) is 0 Å². The lowest BCUT2D eigenvalue weighted by Gasteiger charge is -2.00. The maximum atomic E-state index is 11.4. The predicted molar refractivity (Wildman–Crippen MR) is 55.9 cm³/mol. The number of furan rings is 1. The van der Waals surface area contributed by atoms with E-state index < -0.39 is 11.9 Å². The molecule has 0 aliphatic rings. The standard InChI is InChI=1S/C9H10N4O4/c1-16-8(14)5-11-9(15)7-3-2-6(17-7)4-12-13-10/h2-3H,4-5H2,1H3,(H,11,15). The van der Waals surface area contributed by atoms with Crippen LogP contribution in [0.25, 0.3) is 10.4 Å². The molecule has 0 aromatic carbocycles. The van der Waals surface area contributed by atoms with E-state index in [-0.39, 0.29) is 18.8 Å². The van der Waals surface area contributed by atoms with Crippen molar-refractivity contribution in [2.24, 2.45) is 5.11 Å². The number of esters is 1. The summed E-state index contributed by atoms with van der Waals surface area (Å²) < 4.78 is 9.44. The summed E-state index contributed by atoms with van der Waals surface area (Å²) >= 11 is 0. The van der Waals surface area contributed by atoms with E-state index in [1.807, 2.05) is 0 Å². The molecule has 8 heteroatoms. The Morgan fingerprint density at radius 1 is 1.59 bits per heavy atom. The molecule has 0 aliphatic carbocycles. The first-order chi connectivity index (χ1) is 8.17. The predicted octanol–water partition coefficient (Wildman–Crippen LogP) is 0.993. The highest BCUT2D eigenvalue weighted by molar-refractivity contribution is 5.93. The van der Waals surface area contributed by atoms with E-state index in [2.05, 4.69) is 20.1 Å². The van der Waals surface area contributed by atoms with Gasteiger partial charge in [-0.1, -0.05) is 5.11 Å². The fourth-order valence-electron chi connectivity index (χ4n) is 0.998. The van der Waals surface area contributed by atoms with Crippen molar-refractivity contribution in [1.82, 2.24) is 5.32 Å². The van der Waals surface area contributed by atoms with Gasteiger partial charge < -0.3 is 14.5 Å². The van der Waals surface area contributed by atoms with E-state index in [4.69, 9.17) is 9.95 Å². The molecule has 0 unspecified atom stereocenters. The Morgan fingerprint density at radius 2 is 2.35 bits per heavy atom. The second kappa shape index (κ2) is 6.19. The lowest BCUT2D eigenvalue weighted by molar-refractivity contribution is -0.139. The molecule has 17 heavy (non-hydrogen) atoms. The number of methoxy groups -OCH3 is 1. The Bertz CT molecular complexity index is 461. The highest BCUT2D eigenvalue weighted by Gasteiger charge is 2.12. The van der Waals surface area contributed by atoms with Gasteiger partial charge in [0.15, 0.2) is 5.76 Å². The van der Waals surface area contributed by atoms with Gasteiger partial charge in [0, 0.05) is 4.91 Å². The molecule has 0 saturated carbocycles. The highest BCUT2D eigenvalue weighted by Crippen LogP contribution is 2.08. The monoisotopic (exact) mass is 238 g/mol. The van der Waals surface area contributed by atoms with Gasteiger partial charge in [-0.05, 0) is 17.7 Å². The zero-order valence-corrected chi connectivity index (χ0v) is 9.04. The minimum Gasteiger partial charge on any atom is -0.468 e. The Morgan fingerprint density at radius 3 is 3.00 bits per heavy atom. The summed E-state index contributed by atoms with van der Waals surface area (Å²) in [4.78, 5) is 24.8. The normalized spacial score (nSPS) is 9.24. The lowest BCUT2D eigenvalue weighted by atomic mass is 10.4. The number of carbonyl (C=O) groups excluding carboxylic acids is 2. The average molecular weight is 238 g/mol. The van der Waals surface area contributed by atoms with E-state index in [9.17, 15) is 9.59 Å².